The van der Waals surface area contributed by atoms with Crippen LogP contribution >= 0.6 is 0 Å². The zero-order chi connectivity index (χ0) is 25.6. The zero-order valence-corrected chi connectivity index (χ0v) is 21.0. The van der Waals surface area contributed by atoms with E-state index in [1.807, 2.05) is 29.9 Å². The number of ether oxygens (including phenoxy) is 3. The molecular weight excluding hydrogens is 452 g/mol. The molecular formula is C25H36N4O6. The number of benzene rings is 1. The van der Waals surface area contributed by atoms with Gasteiger partial charge in [0.15, 0.2) is 0 Å². The van der Waals surface area contributed by atoms with Crippen LogP contribution in [0.1, 0.15) is 29.4 Å². The summed E-state index contributed by atoms with van der Waals surface area (Å²) in [5, 5.41) is 2.80. The van der Waals surface area contributed by atoms with Crippen LogP contribution in [0.4, 0.5) is 10.5 Å². The fourth-order valence-corrected chi connectivity index (χ4v) is 3.37. The fraction of sp³-hybridized carbons (Fsp3) is 0.480. The molecule has 0 bridgehead atoms. The molecule has 1 heterocycles. The maximum absolute atomic E-state index is 13.2. The summed E-state index contributed by atoms with van der Waals surface area (Å²) in [5.74, 6) is -0.611. The van der Waals surface area contributed by atoms with Gasteiger partial charge in [0.05, 0.1) is 25.3 Å². The van der Waals surface area contributed by atoms with Crippen molar-refractivity contribution in [3.8, 4) is 0 Å². The van der Waals surface area contributed by atoms with Crippen LogP contribution in [0.5, 0.6) is 0 Å². The summed E-state index contributed by atoms with van der Waals surface area (Å²) in [4.78, 5) is 41.3. The van der Waals surface area contributed by atoms with Crippen molar-refractivity contribution in [2.75, 3.05) is 59.0 Å². The standard InChI is InChI=1S/C25H36N4O6/c1-5-35-24(31)20-9-11-21(12-10-20)26-25(32)29(14-7-16-33-3)19-23(30)28(15-17-34-4)18-22-8-6-13-27(22)2/h6,8-13H,5,7,14-19H2,1-4H3,(H,26,32). The maximum atomic E-state index is 13.2. The number of rotatable bonds is 14. The van der Waals surface area contributed by atoms with Crippen molar-refractivity contribution in [3.05, 3.63) is 53.9 Å². The molecule has 0 fully saturated rings. The third-order valence-corrected chi connectivity index (χ3v) is 5.36. The van der Waals surface area contributed by atoms with Crippen molar-refractivity contribution >= 4 is 23.6 Å². The zero-order valence-electron chi connectivity index (χ0n) is 21.0. The molecule has 0 radical (unpaired) electrons. The Kier molecular flexibility index (Phi) is 11.8. The number of carbonyl (C=O) groups is 3. The number of carbonyl (C=O) groups excluding carboxylic acids is 3. The second-order valence-corrected chi connectivity index (χ2v) is 7.91. The monoisotopic (exact) mass is 488 g/mol. The number of hydrogen-bond donors (Lipinski definition) is 1. The Morgan fingerprint density at radius 1 is 0.971 bits per heavy atom. The molecule has 0 saturated heterocycles. The van der Waals surface area contributed by atoms with Crippen LogP contribution in [0.3, 0.4) is 0 Å². The number of hydrogen-bond acceptors (Lipinski definition) is 6. The van der Waals surface area contributed by atoms with E-state index < -0.39 is 12.0 Å². The van der Waals surface area contributed by atoms with Crippen LogP contribution in [0.15, 0.2) is 42.6 Å². The number of urea groups is 1. The number of esters is 1. The third-order valence-electron chi connectivity index (χ3n) is 5.36. The summed E-state index contributed by atoms with van der Waals surface area (Å²) < 4.78 is 17.2. The number of anilines is 1. The Morgan fingerprint density at radius 2 is 1.69 bits per heavy atom. The van der Waals surface area contributed by atoms with Crippen molar-refractivity contribution in [1.82, 2.24) is 14.4 Å². The second kappa shape index (κ2) is 14.8. The normalized spacial score (nSPS) is 10.6. The molecule has 1 aromatic heterocycles. The highest BCUT2D eigenvalue weighted by molar-refractivity contribution is 5.94. The van der Waals surface area contributed by atoms with Crippen molar-refractivity contribution in [2.24, 2.45) is 7.05 Å². The van der Waals surface area contributed by atoms with Crippen LogP contribution in [0, 0.1) is 0 Å². The lowest BCUT2D eigenvalue weighted by Crippen LogP contribution is -2.45. The smallest absolute Gasteiger partial charge is 0.338 e. The Morgan fingerprint density at radius 3 is 2.29 bits per heavy atom. The number of methoxy groups -OCH3 is 2. The molecule has 1 N–H and O–H groups in total. The average Bonchev–Trinajstić information content (AvgIpc) is 3.25. The van der Waals surface area contributed by atoms with Crippen LogP contribution in [-0.4, -0.2) is 85.9 Å². The summed E-state index contributed by atoms with van der Waals surface area (Å²) in [6.45, 7) is 3.94. The SMILES string of the molecule is CCOC(=O)c1ccc(NC(=O)N(CCCOC)CC(=O)N(CCOC)Cc2cccn2C)cc1. The molecule has 0 aliphatic rings. The summed E-state index contributed by atoms with van der Waals surface area (Å²) in [6, 6.07) is 9.88. The minimum Gasteiger partial charge on any atom is -0.462 e. The number of aromatic nitrogens is 1. The molecule has 3 amide bonds. The van der Waals surface area contributed by atoms with E-state index in [0.29, 0.717) is 50.5 Å². The first-order valence-corrected chi connectivity index (χ1v) is 11.6. The number of nitrogens with one attached hydrogen (secondary N) is 1. The van der Waals surface area contributed by atoms with Crippen LogP contribution in [0.25, 0.3) is 0 Å². The van der Waals surface area contributed by atoms with E-state index in [1.165, 1.54) is 4.90 Å². The predicted octanol–water partition coefficient (Wildman–Crippen LogP) is 2.75. The molecule has 35 heavy (non-hydrogen) atoms. The first-order valence-electron chi connectivity index (χ1n) is 11.6. The molecule has 0 atom stereocenters. The molecule has 10 nitrogen and oxygen atoms in total. The number of nitrogens with zero attached hydrogens (tertiary/aromatic N) is 3. The van der Waals surface area contributed by atoms with Gasteiger partial charge in [-0.3, -0.25) is 4.79 Å². The lowest BCUT2D eigenvalue weighted by molar-refractivity contribution is -0.133. The molecule has 0 saturated carbocycles. The van der Waals surface area contributed by atoms with E-state index in [9.17, 15) is 14.4 Å². The highest BCUT2D eigenvalue weighted by Crippen LogP contribution is 2.13. The average molecular weight is 489 g/mol. The van der Waals surface area contributed by atoms with E-state index in [4.69, 9.17) is 14.2 Å². The minimum absolute atomic E-state index is 0.0927. The van der Waals surface area contributed by atoms with Crippen LogP contribution < -0.4 is 5.32 Å². The van der Waals surface area contributed by atoms with Gasteiger partial charge in [0.25, 0.3) is 0 Å². The van der Waals surface area contributed by atoms with E-state index >= 15 is 0 Å². The molecule has 0 aliphatic heterocycles. The molecule has 1 aromatic carbocycles. The largest absolute Gasteiger partial charge is 0.462 e. The Hall–Kier alpha value is -3.37. The van der Waals surface area contributed by atoms with Gasteiger partial charge in [-0.15, -0.1) is 0 Å². The van der Waals surface area contributed by atoms with Gasteiger partial charge in [-0.1, -0.05) is 0 Å². The molecule has 2 rings (SSSR count). The molecule has 2 aromatic rings. The van der Waals surface area contributed by atoms with Gasteiger partial charge >= 0.3 is 12.0 Å². The van der Waals surface area contributed by atoms with E-state index in [0.717, 1.165) is 5.69 Å². The number of aryl methyl sites for hydroxylation is 1. The fourth-order valence-electron chi connectivity index (χ4n) is 3.37. The van der Waals surface area contributed by atoms with Crippen LogP contribution in [-0.2, 0) is 32.6 Å². The first-order chi connectivity index (χ1) is 16.9. The van der Waals surface area contributed by atoms with Crippen molar-refractivity contribution in [3.63, 3.8) is 0 Å². The van der Waals surface area contributed by atoms with E-state index in [2.05, 4.69) is 5.32 Å². The van der Waals surface area contributed by atoms with Crippen molar-refractivity contribution < 1.29 is 28.6 Å². The van der Waals surface area contributed by atoms with Gasteiger partial charge in [0, 0.05) is 58.5 Å². The topological polar surface area (TPSA) is 102 Å². The molecule has 10 heteroatoms. The van der Waals surface area contributed by atoms with Gasteiger partial charge < -0.3 is 33.9 Å². The molecule has 0 aliphatic carbocycles. The Labute approximate surface area is 206 Å². The highest BCUT2D eigenvalue weighted by Gasteiger charge is 2.22. The quantitative estimate of drug-likeness (QED) is 0.324. The Bertz CT molecular complexity index is 944. The maximum Gasteiger partial charge on any atom is 0.338 e. The highest BCUT2D eigenvalue weighted by atomic mass is 16.5. The summed E-state index contributed by atoms with van der Waals surface area (Å²) in [6.07, 6.45) is 2.50. The minimum atomic E-state index is -0.425. The molecule has 192 valence electrons. The predicted molar refractivity (Wildman–Crippen MR) is 132 cm³/mol. The van der Waals surface area contributed by atoms with Gasteiger partial charge in [-0.05, 0) is 49.7 Å². The molecule has 0 unspecified atom stereocenters. The Balaban J connectivity index is 2.10. The van der Waals surface area contributed by atoms with E-state index in [-0.39, 0.29) is 19.1 Å². The van der Waals surface area contributed by atoms with E-state index in [1.54, 1.807) is 50.3 Å². The second-order valence-electron chi connectivity index (χ2n) is 7.91. The summed E-state index contributed by atoms with van der Waals surface area (Å²) in [7, 11) is 5.10. The van der Waals surface area contributed by atoms with Gasteiger partial charge in [-0.2, -0.15) is 0 Å². The summed E-state index contributed by atoms with van der Waals surface area (Å²) in [5.41, 5.74) is 1.88. The number of amides is 3. The first kappa shape index (κ1) is 27.9. The van der Waals surface area contributed by atoms with Crippen molar-refractivity contribution in [2.45, 2.75) is 19.9 Å². The molecule has 0 spiro atoms. The summed E-state index contributed by atoms with van der Waals surface area (Å²) >= 11 is 0. The van der Waals surface area contributed by atoms with Gasteiger partial charge in [0.2, 0.25) is 5.91 Å². The van der Waals surface area contributed by atoms with Gasteiger partial charge in [-0.25, -0.2) is 9.59 Å². The van der Waals surface area contributed by atoms with Crippen molar-refractivity contribution in [1.29, 1.82) is 0 Å². The third kappa shape index (κ3) is 9.06. The lowest BCUT2D eigenvalue weighted by atomic mass is 10.2. The van der Waals surface area contributed by atoms with Gasteiger partial charge in [0.1, 0.15) is 6.54 Å². The van der Waals surface area contributed by atoms with Crippen LogP contribution in [0.2, 0.25) is 0 Å². The lowest BCUT2D eigenvalue weighted by Gasteiger charge is -2.28.